The molecule has 2 nitrogen and oxygen atoms in total. The normalized spacial score (nSPS) is 28.9. The van der Waals surface area contributed by atoms with Crippen LogP contribution in [0.4, 0.5) is 0 Å². The van der Waals surface area contributed by atoms with Crippen LogP contribution < -0.4 is 5.32 Å². The van der Waals surface area contributed by atoms with Gasteiger partial charge in [-0.05, 0) is 12.8 Å². The van der Waals surface area contributed by atoms with Gasteiger partial charge in [0.15, 0.2) is 4.84 Å². The summed E-state index contributed by atoms with van der Waals surface area (Å²) in [7, 11) is 0. The van der Waals surface area contributed by atoms with Crippen molar-refractivity contribution < 1.29 is 4.79 Å². The fourth-order valence-electron chi connectivity index (χ4n) is 1.49. The number of alkyl halides is 3. The molecule has 0 unspecified atom stereocenters. The van der Waals surface area contributed by atoms with Gasteiger partial charge < -0.3 is 5.32 Å². The van der Waals surface area contributed by atoms with Crippen molar-refractivity contribution in [2.75, 3.05) is 0 Å². The molecule has 1 fully saturated rings. The van der Waals surface area contributed by atoms with Crippen LogP contribution in [0.15, 0.2) is 0 Å². The lowest BCUT2D eigenvalue weighted by atomic mass is 9.95. The number of amides is 1. The standard InChI is InChI=1S/C8H12Cl3NO/c9-5-3-1-2-4-6(5)12-8(13)7(10)11/h5-7H,1-4H2,(H,12,13)/t5-,6+/m0/s1. The van der Waals surface area contributed by atoms with E-state index < -0.39 is 4.84 Å². The Labute approximate surface area is 92.9 Å². The van der Waals surface area contributed by atoms with Crippen molar-refractivity contribution in [2.24, 2.45) is 0 Å². The molecule has 0 aromatic heterocycles. The van der Waals surface area contributed by atoms with E-state index in [1.54, 1.807) is 0 Å². The monoisotopic (exact) mass is 243 g/mol. The summed E-state index contributed by atoms with van der Waals surface area (Å²) in [5.41, 5.74) is 0. The van der Waals surface area contributed by atoms with E-state index in [0.29, 0.717) is 0 Å². The molecule has 0 aliphatic heterocycles. The molecule has 13 heavy (non-hydrogen) atoms. The third kappa shape index (κ3) is 3.53. The molecule has 1 rings (SSSR count). The van der Waals surface area contributed by atoms with E-state index in [0.717, 1.165) is 25.7 Å². The largest absolute Gasteiger partial charge is 0.350 e. The molecule has 0 radical (unpaired) electrons. The van der Waals surface area contributed by atoms with Gasteiger partial charge in [0.2, 0.25) is 0 Å². The highest BCUT2D eigenvalue weighted by molar-refractivity contribution is 6.53. The lowest BCUT2D eigenvalue weighted by Crippen LogP contribution is -2.44. The molecule has 0 spiro atoms. The van der Waals surface area contributed by atoms with Crippen LogP contribution in [-0.4, -0.2) is 22.2 Å². The third-order valence-corrected chi connectivity index (χ3v) is 3.13. The maximum atomic E-state index is 11.1. The van der Waals surface area contributed by atoms with Gasteiger partial charge in [0.25, 0.3) is 5.91 Å². The Morgan fingerprint density at radius 3 is 2.46 bits per heavy atom. The van der Waals surface area contributed by atoms with Crippen molar-refractivity contribution in [2.45, 2.75) is 41.9 Å². The van der Waals surface area contributed by atoms with Crippen LogP contribution in [0.2, 0.25) is 0 Å². The molecule has 76 valence electrons. The minimum absolute atomic E-state index is 0.0183. The number of halogens is 3. The lowest BCUT2D eigenvalue weighted by molar-refractivity contribution is -0.120. The first-order chi connectivity index (χ1) is 6.11. The topological polar surface area (TPSA) is 29.1 Å². The van der Waals surface area contributed by atoms with Crippen LogP contribution in [0.25, 0.3) is 0 Å². The van der Waals surface area contributed by atoms with Crippen LogP contribution in [0.3, 0.4) is 0 Å². The van der Waals surface area contributed by atoms with Crippen molar-refractivity contribution in [1.29, 1.82) is 0 Å². The number of hydrogen-bond donors (Lipinski definition) is 1. The van der Waals surface area contributed by atoms with E-state index >= 15 is 0 Å². The second-order valence-corrected chi connectivity index (χ2v) is 4.87. The zero-order valence-electron chi connectivity index (χ0n) is 7.10. The molecule has 1 saturated carbocycles. The molecular formula is C8H12Cl3NO. The van der Waals surface area contributed by atoms with Gasteiger partial charge >= 0.3 is 0 Å². The molecular weight excluding hydrogens is 232 g/mol. The molecule has 0 heterocycles. The van der Waals surface area contributed by atoms with Gasteiger partial charge in [-0.1, -0.05) is 36.0 Å². The molecule has 0 saturated heterocycles. The number of hydrogen-bond acceptors (Lipinski definition) is 1. The average Bonchev–Trinajstić information content (AvgIpc) is 2.08. The first-order valence-electron chi connectivity index (χ1n) is 4.34. The summed E-state index contributed by atoms with van der Waals surface area (Å²) < 4.78 is 0. The lowest BCUT2D eigenvalue weighted by Gasteiger charge is -2.27. The van der Waals surface area contributed by atoms with Crippen molar-refractivity contribution >= 4 is 40.7 Å². The molecule has 2 atom stereocenters. The molecule has 1 aliphatic carbocycles. The summed E-state index contributed by atoms with van der Waals surface area (Å²) >= 11 is 16.8. The van der Waals surface area contributed by atoms with Crippen LogP contribution in [-0.2, 0) is 4.79 Å². The van der Waals surface area contributed by atoms with Gasteiger partial charge in [-0.2, -0.15) is 0 Å². The molecule has 1 amide bonds. The minimum Gasteiger partial charge on any atom is -0.350 e. The van der Waals surface area contributed by atoms with Crippen LogP contribution in [0, 0.1) is 0 Å². The molecule has 1 N–H and O–H groups in total. The highest BCUT2D eigenvalue weighted by Gasteiger charge is 2.26. The third-order valence-electron chi connectivity index (χ3n) is 2.21. The predicted octanol–water partition coefficient (Wildman–Crippen LogP) is 2.46. The fraction of sp³-hybridized carbons (Fsp3) is 0.875. The van der Waals surface area contributed by atoms with E-state index in [9.17, 15) is 4.79 Å². The van der Waals surface area contributed by atoms with Crippen LogP contribution >= 0.6 is 34.8 Å². The Balaban J connectivity index is 2.38. The predicted molar refractivity (Wildman–Crippen MR) is 55.5 cm³/mol. The maximum Gasteiger partial charge on any atom is 0.253 e. The Kier molecular flexibility index (Phi) is 4.63. The average molecular weight is 245 g/mol. The van der Waals surface area contributed by atoms with Crippen molar-refractivity contribution in [3.63, 3.8) is 0 Å². The highest BCUT2D eigenvalue weighted by Crippen LogP contribution is 2.23. The second kappa shape index (κ2) is 5.28. The van der Waals surface area contributed by atoms with Crippen molar-refractivity contribution in [3.05, 3.63) is 0 Å². The first-order valence-corrected chi connectivity index (χ1v) is 5.65. The highest BCUT2D eigenvalue weighted by atomic mass is 35.5. The Morgan fingerprint density at radius 2 is 1.92 bits per heavy atom. The molecule has 5 heteroatoms. The van der Waals surface area contributed by atoms with Gasteiger partial charge in [-0.15, -0.1) is 11.6 Å². The molecule has 0 bridgehead atoms. The van der Waals surface area contributed by atoms with E-state index in [4.69, 9.17) is 34.8 Å². The summed E-state index contributed by atoms with van der Waals surface area (Å²) in [6, 6.07) is 0.0305. The van der Waals surface area contributed by atoms with Crippen molar-refractivity contribution in [3.8, 4) is 0 Å². The van der Waals surface area contributed by atoms with Gasteiger partial charge in [-0.25, -0.2) is 0 Å². The van der Waals surface area contributed by atoms with Gasteiger partial charge in [0.05, 0.1) is 5.38 Å². The number of carbonyl (C=O) groups excluding carboxylic acids is 1. The van der Waals surface area contributed by atoms with Gasteiger partial charge in [-0.3, -0.25) is 4.79 Å². The fourth-order valence-corrected chi connectivity index (χ4v) is 1.96. The minimum atomic E-state index is -0.995. The Bertz CT molecular complexity index is 186. The summed E-state index contributed by atoms with van der Waals surface area (Å²) in [5.74, 6) is -0.346. The maximum absolute atomic E-state index is 11.1. The Morgan fingerprint density at radius 1 is 1.31 bits per heavy atom. The first kappa shape index (κ1) is 11.4. The number of carbonyl (C=O) groups is 1. The quantitative estimate of drug-likeness (QED) is 0.743. The SMILES string of the molecule is O=C(N[C@@H]1CCCC[C@@H]1Cl)C(Cl)Cl. The van der Waals surface area contributed by atoms with E-state index in [2.05, 4.69) is 5.32 Å². The van der Waals surface area contributed by atoms with Gasteiger partial charge in [0, 0.05) is 6.04 Å². The zero-order chi connectivity index (χ0) is 9.84. The Hall–Kier alpha value is 0.340. The molecule has 0 aromatic carbocycles. The zero-order valence-corrected chi connectivity index (χ0v) is 9.37. The van der Waals surface area contributed by atoms with Crippen molar-refractivity contribution in [1.82, 2.24) is 5.32 Å². The number of rotatable bonds is 2. The van der Waals surface area contributed by atoms with Crippen LogP contribution in [0.1, 0.15) is 25.7 Å². The van der Waals surface area contributed by atoms with Gasteiger partial charge in [0.1, 0.15) is 0 Å². The smallest absolute Gasteiger partial charge is 0.253 e. The van der Waals surface area contributed by atoms with E-state index in [1.165, 1.54) is 0 Å². The summed E-state index contributed by atoms with van der Waals surface area (Å²) in [6.45, 7) is 0. The summed E-state index contributed by atoms with van der Waals surface area (Å²) in [6.07, 6.45) is 4.09. The molecule has 0 aromatic rings. The van der Waals surface area contributed by atoms with E-state index in [-0.39, 0.29) is 17.3 Å². The second-order valence-electron chi connectivity index (χ2n) is 3.22. The van der Waals surface area contributed by atoms with Crippen LogP contribution in [0.5, 0.6) is 0 Å². The van der Waals surface area contributed by atoms with E-state index in [1.807, 2.05) is 0 Å². The summed E-state index contributed by atoms with van der Waals surface area (Å²) in [4.78, 5) is 10.1. The summed E-state index contributed by atoms with van der Waals surface area (Å²) in [5, 5.41) is 2.75. The number of nitrogens with one attached hydrogen (secondary N) is 1. The molecule has 1 aliphatic rings.